The van der Waals surface area contributed by atoms with E-state index in [-0.39, 0.29) is 17.9 Å². The second-order valence-electron chi connectivity index (χ2n) is 5.86. The molecule has 1 aromatic carbocycles. The Bertz CT molecular complexity index is 631. The van der Waals surface area contributed by atoms with Crippen molar-refractivity contribution >= 4 is 29.1 Å². The van der Waals surface area contributed by atoms with Crippen molar-refractivity contribution in [1.29, 1.82) is 0 Å². The molecule has 2 amide bonds. The molecule has 1 aliphatic heterocycles. The third-order valence-electron chi connectivity index (χ3n) is 4.24. The molecule has 0 aliphatic carbocycles. The zero-order valence-corrected chi connectivity index (χ0v) is 15.3. The molecule has 2 rings (SSSR count). The van der Waals surface area contributed by atoms with E-state index in [9.17, 15) is 9.59 Å². The van der Waals surface area contributed by atoms with Crippen LogP contribution in [-0.4, -0.2) is 56.7 Å². The van der Waals surface area contributed by atoms with Crippen molar-refractivity contribution < 1.29 is 19.1 Å². The fourth-order valence-corrected chi connectivity index (χ4v) is 2.91. The molecule has 0 aromatic heterocycles. The van der Waals surface area contributed by atoms with Crippen LogP contribution in [0.25, 0.3) is 0 Å². The van der Waals surface area contributed by atoms with E-state index in [1.54, 1.807) is 24.1 Å². The lowest BCUT2D eigenvalue weighted by Gasteiger charge is -2.32. The molecule has 7 nitrogen and oxygen atoms in total. The van der Waals surface area contributed by atoms with E-state index >= 15 is 0 Å². The third kappa shape index (κ3) is 4.99. The van der Waals surface area contributed by atoms with Crippen LogP contribution in [0.3, 0.4) is 0 Å². The summed E-state index contributed by atoms with van der Waals surface area (Å²) in [6.07, 6.45) is 1.86. The van der Waals surface area contributed by atoms with E-state index < -0.39 is 0 Å². The van der Waals surface area contributed by atoms with Crippen molar-refractivity contribution in [3.63, 3.8) is 0 Å². The first-order valence-corrected chi connectivity index (χ1v) is 8.58. The van der Waals surface area contributed by atoms with Crippen molar-refractivity contribution in [2.75, 3.05) is 39.6 Å². The van der Waals surface area contributed by atoms with E-state index in [2.05, 4.69) is 5.32 Å². The largest absolute Gasteiger partial charge is 0.496 e. The summed E-state index contributed by atoms with van der Waals surface area (Å²) in [5.41, 5.74) is 6.53. The van der Waals surface area contributed by atoms with Crippen molar-refractivity contribution in [3.05, 3.63) is 22.7 Å². The summed E-state index contributed by atoms with van der Waals surface area (Å²) in [7, 11) is 3.09. The number of benzene rings is 1. The highest BCUT2D eigenvalue weighted by Crippen LogP contribution is 2.30. The van der Waals surface area contributed by atoms with Gasteiger partial charge in [-0.2, -0.15) is 0 Å². The number of carbonyl (C=O) groups excluding carboxylic acids is 2. The summed E-state index contributed by atoms with van der Waals surface area (Å²) in [5, 5.41) is 2.89. The number of anilines is 1. The summed E-state index contributed by atoms with van der Waals surface area (Å²) in [6, 6.07) is 3.11. The lowest BCUT2D eigenvalue weighted by molar-refractivity contribution is -0.122. The van der Waals surface area contributed by atoms with Crippen LogP contribution in [0.15, 0.2) is 12.1 Å². The number of methoxy groups -OCH3 is 1. The van der Waals surface area contributed by atoms with Crippen LogP contribution in [0.4, 0.5) is 5.69 Å². The van der Waals surface area contributed by atoms with Crippen LogP contribution in [0.1, 0.15) is 29.6 Å². The first kappa shape index (κ1) is 19.3. The molecule has 8 heteroatoms. The van der Waals surface area contributed by atoms with Gasteiger partial charge in [-0.1, -0.05) is 11.6 Å². The van der Waals surface area contributed by atoms with E-state index in [1.807, 2.05) is 0 Å². The second-order valence-corrected chi connectivity index (χ2v) is 6.27. The Kier molecular flexibility index (Phi) is 6.90. The number of amides is 2. The van der Waals surface area contributed by atoms with Gasteiger partial charge in [-0.05, 0) is 18.9 Å². The van der Waals surface area contributed by atoms with E-state index in [0.717, 1.165) is 12.8 Å². The van der Waals surface area contributed by atoms with Gasteiger partial charge in [0, 0.05) is 32.6 Å². The van der Waals surface area contributed by atoms with Crippen LogP contribution in [0.2, 0.25) is 5.02 Å². The minimum atomic E-state index is -0.137. The monoisotopic (exact) mass is 369 g/mol. The molecule has 0 radical (unpaired) electrons. The predicted octanol–water partition coefficient (Wildman–Crippen LogP) is 1.69. The SMILES string of the molecule is CNC(=O)CCOC1CCN(C(=O)c2cc(Cl)c(N)cc2OC)CC1. The number of hydrogen-bond donors (Lipinski definition) is 2. The summed E-state index contributed by atoms with van der Waals surface area (Å²) < 4.78 is 11.0. The zero-order valence-electron chi connectivity index (χ0n) is 14.5. The number of likely N-dealkylation sites (tertiary alicyclic amines) is 1. The standard InChI is InChI=1S/C17H24ClN3O4/c1-20-16(22)5-8-25-11-3-6-21(7-4-11)17(23)12-9-13(18)14(19)10-15(12)24-2/h9-11H,3-8,19H2,1-2H3,(H,20,22). The van der Waals surface area contributed by atoms with Gasteiger partial charge in [-0.15, -0.1) is 0 Å². The van der Waals surface area contributed by atoms with Crippen LogP contribution in [0, 0.1) is 0 Å². The van der Waals surface area contributed by atoms with Gasteiger partial charge >= 0.3 is 0 Å². The summed E-state index contributed by atoms with van der Waals surface area (Å²) in [4.78, 5) is 25.7. The minimum Gasteiger partial charge on any atom is -0.496 e. The molecule has 1 heterocycles. The van der Waals surface area contributed by atoms with E-state index in [1.165, 1.54) is 7.11 Å². The lowest BCUT2D eigenvalue weighted by Crippen LogP contribution is -2.41. The predicted molar refractivity (Wildman–Crippen MR) is 96.0 cm³/mol. The summed E-state index contributed by atoms with van der Waals surface area (Å²) in [6.45, 7) is 1.54. The maximum absolute atomic E-state index is 12.7. The average Bonchev–Trinajstić information content (AvgIpc) is 2.63. The topological polar surface area (TPSA) is 93.9 Å². The van der Waals surface area contributed by atoms with Gasteiger partial charge in [-0.25, -0.2) is 0 Å². The van der Waals surface area contributed by atoms with Crippen molar-refractivity contribution in [2.45, 2.75) is 25.4 Å². The van der Waals surface area contributed by atoms with Gasteiger partial charge in [0.2, 0.25) is 5.91 Å². The number of nitrogen functional groups attached to an aromatic ring is 1. The Labute approximate surface area is 152 Å². The number of nitrogens with two attached hydrogens (primary N) is 1. The molecule has 0 spiro atoms. The molecule has 138 valence electrons. The molecule has 1 fully saturated rings. The van der Waals surface area contributed by atoms with Gasteiger partial charge in [0.25, 0.3) is 5.91 Å². The van der Waals surface area contributed by atoms with Crippen LogP contribution in [0.5, 0.6) is 5.75 Å². The molecule has 1 aromatic rings. The summed E-state index contributed by atoms with van der Waals surface area (Å²) in [5.74, 6) is 0.235. The molecule has 0 unspecified atom stereocenters. The number of nitrogens with zero attached hydrogens (tertiary/aromatic N) is 1. The van der Waals surface area contributed by atoms with Crippen LogP contribution in [-0.2, 0) is 9.53 Å². The number of halogens is 1. The highest BCUT2D eigenvalue weighted by Gasteiger charge is 2.26. The summed E-state index contributed by atoms with van der Waals surface area (Å²) >= 11 is 6.04. The van der Waals surface area contributed by atoms with E-state index in [4.69, 9.17) is 26.8 Å². The zero-order chi connectivity index (χ0) is 18.4. The quantitative estimate of drug-likeness (QED) is 0.744. The Morgan fingerprint density at radius 2 is 2.04 bits per heavy atom. The molecule has 1 saturated heterocycles. The number of hydrogen-bond acceptors (Lipinski definition) is 5. The molecular weight excluding hydrogens is 346 g/mol. The maximum atomic E-state index is 12.7. The van der Waals surface area contributed by atoms with Gasteiger partial charge < -0.3 is 25.4 Å². The third-order valence-corrected chi connectivity index (χ3v) is 4.57. The minimum absolute atomic E-state index is 0.0417. The number of rotatable bonds is 6. The fraction of sp³-hybridized carbons (Fsp3) is 0.529. The molecular formula is C17H24ClN3O4. The molecule has 3 N–H and O–H groups in total. The Balaban J connectivity index is 1.91. The van der Waals surface area contributed by atoms with Crippen molar-refractivity contribution in [2.24, 2.45) is 0 Å². The smallest absolute Gasteiger partial charge is 0.257 e. The fourth-order valence-electron chi connectivity index (χ4n) is 2.74. The number of nitrogens with one attached hydrogen (secondary N) is 1. The van der Waals surface area contributed by atoms with Crippen molar-refractivity contribution in [1.82, 2.24) is 10.2 Å². The molecule has 1 aliphatic rings. The van der Waals surface area contributed by atoms with Gasteiger partial charge in [0.05, 0.1) is 36.1 Å². The maximum Gasteiger partial charge on any atom is 0.257 e. The average molecular weight is 370 g/mol. The molecule has 0 saturated carbocycles. The second kappa shape index (κ2) is 8.92. The van der Waals surface area contributed by atoms with Crippen LogP contribution >= 0.6 is 11.6 Å². The highest BCUT2D eigenvalue weighted by atomic mass is 35.5. The first-order chi connectivity index (χ1) is 12.0. The van der Waals surface area contributed by atoms with E-state index in [0.29, 0.717) is 48.1 Å². The number of carbonyl (C=O) groups is 2. The Hall–Kier alpha value is -1.99. The first-order valence-electron chi connectivity index (χ1n) is 8.20. The Morgan fingerprint density at radius 1 is 1.36 bits per heavy atom. The lowest BCUT2D eigenvalue weighted by atomic mass is 10.1. The number of ether oxygens (including phenoxy) is 2. The van der Waals surface area contributed by atoms with Crippen LogP contribution < -0.4 is 15.8 Å². The van der Waals surface area contributed by atoms with Gasteiger partial charge in [0.1, 0.15) is 5.75 Å². The van der Waals surface area contributed by atoms with Gasteiger partial charge in [-0.3, -0.25) is 9.59 Å². The Morgan fingerprint density at radius 3 is 2.64 bits per heavy atom. The molecule has 0 atom stereocenters. The number of piperidine rings is 1. The molecule has 0 bridgehead atoms. The molecule has 25 heavy (non-hydrogen) atoms. The van der Waals surface area contributed by atoms with Gasteiger partial charge in [0.15, 0.2) is 0 Å². The normalized spacial score (nSPS) is 15.1. The highest BCUT2D eigenvalue weighted by molar-refractivity contribution is 6.33. The van der Waals surface area contributed by atoms with Crippen molar-refractivity contribution in [3.8, 4) is 5.75 Å².